The Kier molecular flexibility index (Phi) is 6.34. The van der Waals surface area contributed by atoms with Crippen molar-refractivity contribution < 1.29 is 4.74 Å². The maximum Gasteiger partial charge on any atom is 0.118 e. The Balaban J connectivity index is 2.30. The summed E-state index contributed by atoms with van der Waals surface area (Å²) in [5.41, 5.74) is 0. The lowest BCUT2D eigenvalue weighted by molar-refractivity contribution is 0.414. The highest BCUT2D eigenvalue weighted by Crippen LogP contribution is 2.22. The third-order valence-corrected chi connectivity index (χ3v) is 3.68. The number of hydrogen-bond acceptors (Lipinski definition) is 3. The highest BCUT2D eigenvalue weighted by atomic mass is 32.2. The van der Waals surface area contributed by atoms with Crippen molar-refractivity contribution in [3.05, 3.63) is 24.3 Å². The second-order valence-corrected chi connectivity index (χ2v) is 4.99. The van der Waals surface area contributed by atoms with E-state index in [0.717, 1.165) is 24.6 Å². The van der Waals surface area contributed by atoms with Crippen LogP contribution in [-0.2, 0) is 0 Å². The molecule has 1 atom stereocenters. The van der Waals surface area contributed by atoms with Crippen LogP contribution in [0.25, 0.3) is 0 Å². The molecule has 0 aliphatic carbocycles. The first-order valence-electron chi connectivity index (χ1n) is 5.73. The molecule has 0 heterocycles. The van der Waals surface area contributed by atoms with Gasteiger partial charge in [-0.05, 0) is 43.3 Å². The molecule has 0 saturated carbocycles. The molecule has 1 aromatic carbocycles. The normalized spacial score (nSPS) is 12.4. The monoisotopic (exact) mass is 239 g/mol. The molecule has 0 aromatic heterocycles. The molecule has 1 rings (SSSR count). The molecule has 3 heteroatoms. The molecule has 0 aliphatic rings. The zero-order valence-corrected chi connectivity index (χ0v) is 11.1. The number of methoxy groups -OCH3 is 1. The van der Waals surface area contributed by atoms with Gasteiger partial charge in [0.15, 0.2) is 0 Å². The average molecular weight is 239 g/mol. The molecule has 0 bridgehead atoms. The first kappa shape index (κ1) is 13.4. The largest absolute Gasteiger partial charge is 0.497 e. The molecule has 0 amide bonds. The highest BCUT2D eigenvalue weighted by molar-refractivity contribution is 7.99. The molecule has 0 saturated heterocycles. The molecule has 1 N–H and O–H groups in total. The SMILES string of the molecule is CCNCC(C)CSc1ccc(OC)cc1. The Hall–Kier alpha value is -0.670. The van der Waals surface area contributed by atoms with Crippen LogP contribution in [0.4, 0.5) is 0 Å². The third kappa shape index (κ3) is 4.90. The molecule has 0 fully saturated rings. The topological polar surface area (TPSA) is 21.3 Å². The summed E-state index contributed by atoms with van der Waals surface area (Å²) in [6.07, 6.45) is 0. The lowest BCUT2D eigenvalue weighted by Crippen LogP contribution is -2.21. The summed E-state index contributed by atoms with van der Waals surface area (Å²) >= 11 is 1.90. The Labute approximate surface area is 103 Å². The van der Waals surface area contributed by atoms with Gasteiger partial charge in [-0.25, -0.2) is 0 Å². The highest BCUT2D eigenvalue weighted by Gasteiger charge is 2.02. The van der Waals surface area contributed by atoms with Gasteiger partial charge in [-0.3, -0.25) is 0 Å². The van der Waals surface area contributed by atoms with Crippen molar-refractivity contribution in [1.29, 1.82) is 0 Å². The molecular weight excluding hydrogens is 218 g/mol. The summed E-state index contributed by atoms with van der Waals surface area (Å²) in [5.74, 6) is 2.77. The fourth-order valence-electron chi connectivity index (χ4n) is 1.36. The maximum absolute atomic E-state index is 5.13. The van der Waals surface area contributed by atoms with Crippen LogP contribution in [0.2, 0.25) is 0 Å². The number of thioether (sulfide) groups is 1. The number of rotatable bonds is 7. The summed E-state index contributed by atoms with van der Waals surface area (Å²) < 4.78 is 5.13. The molecule has 0 radical (unpaired) electrons. The van der Waals surface area contributed by atoms with Gasteiger partial charge in [-0.15, -0.1) is 11.8 Å². The summed E-state index contributed by atoms with van der Waals surface area (Å²) in [4.78, 5) is 1.31. The van der Waals surface area contributed by atoms with Gasteiger partial charge in [-0.1, -0.05) is 13.8 Å². The van der Waals surface area contributed by atoms with Crippen LogP contribution < -0.4 is 10.1 Å². The second-order valence-electron chi connectivity index (χ2n) is 3.90. The van der Waals surface area contributed by atoms with E-state index in [0.29, 0.717) is 5.92 Å². The van der Waals surface area contributed by atoms with Crippen molar-refractivity contribution >= 4 is 11.8 Å². The zero-order valence-electron chi connectivity index (χ0n) is 10.3. The van der Waals surface area contributed by atoms with Crippen LogP contribution in [-0.4, -0.2) is 26.0 Å². The van der Waals surface area contributed by atoms with Crippen LogP contribution in [0, 0.1) is 5.92 Å². The maximum atomic E-state index is 5.13. The van der Waals surface area contributed by atoms with Gasteiger partial charge in [0.2, 0.25) is 0 Å². The van der Waals surface area contributed by atoms with Gasteiger partial charge >= 0.3 is 0 Å². The summed E-state index contributed by atoms with van der Waals surface area (Å²) in [7, 11) is 1.70. The van der Waals surface area contributed by atoms with Gasteiger partial charge in [0.25, 0.3) is 0 Å². The molecular formula is C13H21NOS. The Morgan fingerprint density at radius 2 is 2.00 bits per heavy atom. The molecule has 0 spiro atoms. The van der Waals surface area contributed by atoms with Crippen molar-refractivity contribution in [2.75, 3.05) is 26.0 Å². The lowest BCUT2D eigenvalue weighted by atomic mass is 10.2. The van der Waals surface area contributed by atoms with E-state index in [1.165, 1.54) is 4.90 Å². The van der Waals surface area contributed by atoms with Crippen LogP contribution in [0.3, 0.4) is 0 Å². The van der Waals surface area contributed by atoms with Crippen LogP contribution >= 0.6 is 11.8 Å². The Morgan fingerprint density at radius 3 is 2.56 bits per heavy atom. The van der Waals surface area contributed by atoms with Crippen molar-refractivity contribution in [3.63, 3.8) is 0 Å². The number of ether oxygens (including phenoxy) is 1. The van der Waals surface area contributed by atoms with E-state index >= 15 is 0 Å². The minimum absolute atomic E-state index is 0.701. The lowest BCUT2D eigenvalue weighted by Gasteiger charge is -2.11. The Bertz CT molecular complexity index is 286. The molecule has 1 aromatic rings. The van der Waals surface area contributed by atoms with E-state index in [2.05, 4.69) is 31.3 Å². The minimum Gasteiger partial charge on any atom is -0.497 e. The second kappa shape index (κ2) is 7.58. The Morgan fingerprint density at radius 1 is 1.31 bits per heavy atom. The van der Waals surface area contributed by atoms with Gasteiger partial charge in [-0.2, -0.15) is 0 Å². The van der Waals surface area contributed by atoms with Gasteiger partial charge in [0.05, 0.1) is 7.11 Å². The third-order valence-electron chi connectivity index (χ3n) is 2.34. The van der Waals surface area contributed by atoms with Gasteiger partial charge in [0, 0.05) is 10.6 Å². The van der Waals surface area contributed by atoms with E-state index in [-0.39, 0.29) is 0 Å². The van der Waals surface area contributed by atoms with E-state index in [4.69, 9.17) is 4.74 Å². The summed E-state index contributed by atoms with van der Waals surface area (Å²) in [6, 6.07) is 8.25. The van der Waals surface area contributed by atoms with Crippen molar-refractivity contribution in [2.24, 2.45) is 5.92 Å². The quantitative estimate of drug-likeness (QED) is 0.739. The first-order chi connectivity index (χ1) is 7.76. The standard InChI is InChI=1S/C13H21NOS/c1-4-14-9-11(2)10-16-13-7-5-12(15-3)6-8-13/h5-8,11,14H,4,9-10H2,1-3H3. The predicted octanol–water partition coefficient (Wildman–Crippen LogP) is 3.03. The molecule has 2 nitrogen and oxygen atoms in total. The molecule has 1 unspecified atom stereocenters. The zero-order chi connectivity index (χ0) is 11.8. The van der Waals surface area contributed by atoms with E-state index in [9.17, 15) is 0 Å². The first-order valence-corrected chi connectivity index (χ1v) is 6.72. The van der Waals surface area contributed by atoms with Gasteiger partial charge in [0.1, 0.15) is 5.75 Å². The van der Waals surface area contributed by atoms with E-state index < -0.39 is 0 Å². The summed E-state index contributed by atoms with van der Waals surface area (Å²) in [5, 5.41) is 3.37. The van der Waals surface area contributed by atoms with Crippen molar-refractivity contribution in [2.45, 2.75) is 18.7 Å². The van der Waals surface area contributed by atoms with E-state index in [1.54, 1.807) is 7.11 Å². The smallest absolute Gasteiger partial charge is 0.118 e. The predicted molar refractivity (Wildman–Crippen MR) is 71.4 cm³/mol. The number of nitrogens with one attached hydrogen (secondary N) is 1. The van der Waals surface area contributed by atoms with Crippen molar-refractivity contribution in [3.8, 4) is 5.75 Å². The van der Waals surface area contributed by atoms with Crippen LogP contribution in [0.15, 0.2) is 29.2 Å². The number of benzene rings is 1. The molecule has 16 heavy (non-hydrogen) atoms. The number of hydrogen-bond donors (Lipinski definition) is 1. The van der Waals surface area contributed by atoms with Crippen molar-refractivity contribution in [1.82, 2.24) is 5.32 Å². The average Bonchev–Trinajstić information content (AvgIpc) is 2.34. The fraction of sp³-hybridized carbons (Fsp3) is 0.538. The van der Waals surface area contributed by atoms with Crippen LogP contribution in [0.5, 0.6) is 5.75 Å². The van der Waals surface area contributed by atoms with Gasteiger partial charge < -0.3 is 10.1 Å². The minimum atomic E-state index is 0.701. The molecule has 90 valence electrons. The fourth-order valence-corrected chi connectivity index (χ4v) is 2.28. The summed E-state index contributed by atoms with van der Waals surface area (Å²) in [6.45, 7) is 6.57. The van der Waals surface area contributed by atoms with Crippen LogP contribution in [0.1, 0.15) is 13.8 Å². The molecule has 0 aliphatic heterocycles. The van der Waals surface area contributed by atoms with E-state index in [1.807, 2.05) is 23.9 Å².